The van der Waals surface area contributed by atoms with Crippen molar-refractivity contribution in [2.24, 2.45) is 11.7 Å². The number of hydrogen-bond acceptors (Lipinski definition) is 3. The highest BCUT2D eigenvalue weighted by atomic mass is 16.2. The Kier molecular flexibility index (Phi) is 4.52. The van der Waals surface area contributed by atoms with Crippen molar-refractivity contribution >= 4 is 17.5 Å². The van der Waals surface area contributed by atoms with Crippen molar-refractivity contribution in [3.8, 4) is 0 Å². The van der Waals surface area contributed by atoms with E-state index in [1.165, 1.54) is 0 Å². The van der Waals surface area contributed by atoms with Crippen LogP contribution in [0.2, 0.25) is 0 Å². The van der Waals surface area contributed by atoms with E-state index in [4.69, 9.17) is 5.73 Å². The predicted octanol–water partition coefficient (Wildman–Crippen LogP) is 1.11. The van der Waals surface area contributed by atoms with Crippen molar-refractivity contribution in [3.63, 3.8) is 0 Å². The van der Waals surface area contributed by atoms with E-state index in [2.05, 4.69) is 10.6 Å². The van der Waals surface area contributed by atoms with Gasteiger partial charge >= 0.3 is 0 Å². The number of carbonyl (C=O) groups excluding carboxylic acids is 2. The van der Waals surface area contributed by atoms with E-state index in [-0.39, 0.29) is 11.8 Å². The molecule has 0 saturated heterocycles. The SMILES string of the molecule is NCCNC(=O)c1ccccc1NC(=O)CC1CC1. The predicted molar refractivity (Wildman–Crippen MR) is 73.8 cm³/mol. The van der Waals surface area contributed by atoms with E-state index >= 15 is 0 Å². The van der Waals surface area contributed by atoms with Crippen LogP contribution < -0.4 is 16.4 Å². The molecule has 0 unspecified atom stereocenters. The topological polar surface area (TPSA) is 84.2 Å². The van der Waals surface area contributed by atoms with E-state index in [9.17, 15) is 9.59 Å². The molecule has 1 aromatic rings. The molecule has 0 aromatic heterocycles. The molecule has 0 radical (unpaired) electrons. The minimum Gasteiger partial charge on any atom is -0.351 e. The van der Waals surface area contributed by atoms with Crippen molar-refractivity contribution < 1.29 is 9.59 Å². The van der Waals surface area contributed by atoms with Gasteiger partial charge in [0.1, 0.15) is 0 Å². The Labute approximate surface area is 112 Å². The zero-order valence-electron chi connectivity index (χ0n) is 10.8. The summed E-state index contributed by atoms with van der Waals surface area (Å²) in [6.45, 7) is 0.811. The van der Waals surface area contributed by atoms with Gasteiger partial charge < -0.3 is 16.4 Å². The van der Waals surface area contributed by atoms with E-state index in [1.54, 1.807) is 24.3 Å². The molecule has 102 valence electrons. The number of carbonyl (C=O) groups is 2. The first kappa shape index (κ1) is 13.5. The highest BCUT2D eigenvalue weighted by molar-refractivity contribution is 6.03. The fourth-order valence-electron chi connectivity index (χ4n) is 1.86. The van der Waals surface area contributed by atoms with Crippen LogP contribution in [0.1, 0.15) is 29.6 Å². The highest BCUT2D eigenvalue weighted by Crippen LogP contribution is 2.32. The Morgan fingerprint density at radius 1 is 1.26 bits per heavy atom. The molecule has 1 saturated carbocycles. The Morgan fingerprint density at radius 3 is 2.68 bits per heavy atom. The van der Waals surface area contributed by atoms with Crippen molar-refractivity contribution in [1.82, 2.24) is 5.32 Å². The van der Waals surface area contributed by atoms with E-state index in [1.807, 2.05) is 0 Å². The lowest BCUT2D eigenvalue weighted by atomic mass is 10.1. The third-order valence-corrected chi connectivity index (χ3v) is 3.05. The summed E-state index contributed by atoms with van der Waals surface area (Å²) >= 11 is 0. The number of anilines is 1. The summed E-state index contributed by atoms with van der Waals surface area (Å²) in [6.07, 6.45) is 2.80. The molecule has 0 spiro atoms. The van der Waals surface area contributed by atoms with Gasteiger partial charge in [-0.15, -0.1) is 0 Å². The summed E-state index contributed by atoms with van der Waals surface area (Å²) in [4.78, 5) is 23.7. The third kappa shape index (κ3) is 4.06. The van der Waals surface area contributed by atoms with Crippen LogP contribution in [0.4, 0.5) is 5.69 Å². The van der Waals surface area contributed by atoms with Crippen LogP contribution in [0.3, 0.4) is 0 Å². The lowest BCUT2D eigenvalue weighted by Crippen LogP contribution is -2.30. The summed E-state index contributed by atoms with van der Waals surface area (Å²) in [7, 11) is 0. The Morgan fingerprint density at radius 2 is 2.00 bits per heavy atom. The number of rotatable bonds is 6. The van der Waals surface area contributed by atoms with Gasteiger partial charge in [-0.05, 0) is 30.9 Å². The van der Waals surface area contributed by atoms with Gasteiger partial charge in [0.05, 0.1) is 11.3 Å². The molecular formula is C14H19N3O2. The molecule has 4 N–H and O–H groups in total. The minimum absolute atomic E-state index is 0.0263. The standard InChI is InChI=1S/C14H19N3O2/c15-7-8-16-14(19)11-3-1-2-4-12(11)17-13(18)9-10-5-6-10/h1-4,10H,5-9,15H2,(H,16,19)(H,17,18). The molecule has 1 fully saturated rings. The number of benzene rings is 1. The van der Waals surface area contributed by atoms with Gasteiger partial charge in [-0.2, -0.15) is 0 Å². The first-order chi connectivity index (χ1) is 9.20. The molecule has 0 heterocycles. The van der Waals surface area contributed by atoms with Gasteiger partial charge in [-0.25, -0.2) is 0 Å². The molecule has 0 atom stereocenters. The first-order valence-corrected chi connectivity index (χ1v) is 6.58. The van der Waals surface area contributed by atoms with Gasteiger partial charge in [0.25, 0.3) is 5.91 Å². The average Bonchev–Trinajstić information content (AvgIpc) is 3.20. The highest BCUT2D eigenvalue weighted by Gasteiger charge is 2.24. The zero-order chi connectivity index (χ0) is 13.7. The average molecular weight is 261 g/mol. The summed E-state index contributed by atoms with van der Waals surface area (Å²) in [6, 6.07) is 7.00. The van der Waals surface area contributed by atoms with Crippen LogP contribution in [-0.2, 0) is 4.79 Å². The maximum atomic E-state index is 11.9. The molecule has 2 rings (SSSR count). The lowest BCUT2D eigenvalue weighted by molar-refractivity contribution is -0.116. The molecule has 19 heavy (non-hydrogen) atoms. The number of amides is 2. The van der Waals surface area contributed by atoms with Crippen LogP contribution in [0.15, 0.2) is 24.3 Å². The molecular weight excluding hydrogens is 242 g/mol. The van der Waals surface area contributed by atoms with Crippen LogP contribution in [0.5, 0.6) is 0 Å². The molecule has 5 nitrogen and oxygen atoms in total. The fraction of sp³-hybridized carbons (Fsp3) is 0.429. The lowest BCUT2D eigenvalue weighted by Gasteiger charge is -2.10. The van der Waals surface area contributed by atoms with Crippen molar-refractivity contribution in [2.75, 3.05) is 18.4 Å². The smallest absolute Gasteiger partial charge is 0.253 e. The van der Waals surface area contributed by atoms with Crippen LogP contribution >= 0.6 is 0 Å². The Balaban J connectivity index is 2.02. The van der Waals surface area contributed by atoms with Crippen molar-refractivity contribution in [3.05, 3.63) is 29.8 Å². The second-order valence-electron chi connectivity index (χ2n) is 4.79. The monoisotopic (exact) mass is 261 g/mol. The summed E-state index contributed by atoms with van der Waals surface area (Å²) in [5, 5.41) is 5.51. The second-order valence-corrected chi connectivity index (χ2v) is 4.79. The molecule has 1 aromatic carbocycles. The second kappa shape index (κ2) is 6.33. The number of hydrogen-bond donors (Lipinski definition) is 3. The first-order valence-electron chi connectivity index (χ1n) is 6.58. The number of nitrogens with one attached hydrogen (secondary N) is 2. The van der Waals surface area contributed by atoms with Gasteiger partial charge in [0.15, 0.2) is 0 Å². The van der Waals surface area contributed by atoms with Crippen LogP contribution in [0, 0.1) is 5.92 Å². The van der Waals surface area contributed by atoms with Crippen LogP contribution in [-0.4, -0.2) is 24.9 Å². The van der Waals surface area contributed by atoms with Gasteiger partial charge in [0.2, 0.25) is 5.91 Å². The molecule has 2 amide bonds. The van der Waals surface area contributed by atoms with Gasteiger partial charge in [-0.1, -0.05) is 12.1 Å². The summed E-state index contributed by atoms with van der Waals surface area (Å²) < 4.78 is 0. The van der Waals surface area contributed by atoms with Gasteiger partial charge in [-0.3, -0.25) is 9.59 Å². The van der Waals surface area contributed by atoms with Crippen molar-refractivity contribution in [2.45, 2.75) is 19.3 Å². The van der Waals surface area contributed by atoms with E-state index < -0.39 is 0 Å². The maximum Gasteiger partial charge on any atom is 0.253 e. The Bertz CT molecular complexity index is 470. The van der Waals surface area contributed by atoms with Gasteiger partial charge in [0, 0.05) is 19.5 Å². The quantitative estimate of drug-likeness (QED) is 0.717. The molecule has 0 bridgehead atoms. The molecule has 1 aliphatic carbocycles. The summed E-state index contributed by atoms with van der Waals surface area (Å²) in [5.41, 5.74) is 6.38. The van der Waals surface area contributed by atoms with Crippen LogP contribution in [0.25, 0.3) is 0 Å². The fourth-order valence-corrected chi connectivity index (χ4v) is 1.86. The van der Waals surface area contributed by atoms with E-state index in [0.717, 1.165) is 12.8 Å². The minimum atomic E-state index is -0.215. The molecule has 1 aliphatic rings. The number of nitrogens with two attached hydrogens (primary N) is 1. The van der Waals surface area contributed by atoms with Crippen molar-refractivity contribution in [1.29, 1.82) is 0 Å². The third-order valence-electron chi connectivity index (χ3n) is 3.05. The molecule has 5 heteroatoms. The zero-order valence-corrected chi connectivity index (χ0v) is 10.8. The summed E-state index contributed by atoms with van der Waals surface area (Å²) in [5.74, 6) is 0.285. The molecule has 0 aliphatic heterocycles. The van der Waals surface area contributed by atoms with E-state index in [0.29, 0.717) is 36.7 Å². The maximum absolute atomic E-state index is 11.9. The number of para-hydroxylation sites is 1. The Hall–Kier alpha value is -1.88. The largest absolute Gasteiger partial charge is 0.351 e. The normalized spacial score (nSPS) is 13.9.